The van der Waals surface area contributed by atoms with Gasteiger partial charge >= 0.3 is 0 Å². The second-order valence-corrected chi connectivity index (χ2v) is 4.05. The van der Waals surface area contributed by atoms with Gasteiger partial charge in [0.05, 0.1) is 0 Å². The van der Waals surface area contributed by atoms with Crippen LogP contribution in [0.5, 0.6) is 11.5 Å². The van der Waals surface area contributed by atoms with Crippen LogP contribution in [0.15, 0.2) is 48.5 Å². The van der Waals surface area contributed by atoms with Gasteiger partial charge in [-0.2, -0.15) is 0 Å². The summed E-state index contributed by atoms with van der Waals surface area (Å²) in [7, 11) is 0. The predicted octanol–water partition coefficient (Wildman–Crippen LogP) is 3.92. The van der Waals surface area contributed by atoms with E-state index in [1.54, 1.807) is 18.2 Å². The Hall–Kier alpha value is -2.16. The number of aldehydes is 1. The van der Waals surface area contributed by atoms with E-state index in [-0.39, 0.29) is 11.7 Å². The minimum atomic E-state index is -0.300. The topological polar surface area (TPSA) is 26.3 Å². The van der Waals surface area contributed by atoms with Gasteiger partial charge in [-0.15, -0.1) is 0 Å². The molecular weight excluding hydrogens is 231 g/mol. The van der Waals surface area contributed by atoms with Crippen molar-refractivity contribution in [3.63, 3.8) is 0 Å². The molecular formula is C15H13FO2. The van der Waals surface area contributed by atoms with E-state index < -0.39 is 0 Å². The fourth-order valence-electron chi connectivity index (χ4n) is 1.58. The third-order valence-corrected chi connectivity index (χ3v) is 2.64. The summed E-state index contributed by atoms with van der Waals surface area (Å²) in [5, 5.41) is 0. The van der Waals surface area contributed by atoms with E-state index in [0.717, 1.165) is 11.8 Å². The van der Waals surface area contributed by atoms with Crippen molar-refractivity contribution >= 4 is 6.29 Å². The number of hydrogen-bond donors (Lipinski definition) is 0. The molecule has 0 N–H and O–H groups in total. The first-order valence-electron chi connectivity index (χ1n) is 5.68. The minimum Gasteiger partial charge on any atom is -0.457 e. The molecule has 1 atom stereocenters. The number of benzene rings is 2. The third-order valence-electron chi connectivity index (χ3n) is 2.64. The SMILES string of the molecule is CC(C=O)c1cccc(Oc2ccc(F)cc2)c1. The molecule has 0 bridgehead atoms. The Morgan fingerprint density at radius 2 is 1.83 bits per heavy atom. The van der Waals surface area contributed by atoms with Gasteiger partial charge in [0.2, 0.25) is 0 Å². The van der Waals surface area contributed by atoms with Gasteiger partial charge in [0.1, 0.15) is 23.6 Å². The van der Waals surface area contributed by atoms with Crippen LogP contribution in [0.25, 0.3) is 0 Å². The van der Waals surface area contributed by atoms with Crippen LogP contribution < -0.4 is 4.74 Å². The van der Waals surface area contributed by atoms with Crippen molar-refractivity contribution < 1.29 is 13.9 Å². The van der Waals surface area contributed by atoms with E-state index in [2.05, 4.69) is 0 Å². The third kappa shape index (κ3) is 2.94. The molecule has 0 fully saturated rings. The lowest BCUT2D eigenvalue weighted by Crippen LogP contribution is -1.94. The summed E-state index contributed by atoms with van der Waals surface area (Å²) in [5.41, 5.74) is 0.893. The molecule has 2 nitrogen and oxygen atoms in total. The molecule has 18 heavy (non-hydrogen) atoms. The van der Waals surface area contributed by atoms with E-state index in [0.29, 0.717) is 11.5 Å². The first kappa shape index (κ1) is 12.3. The van der Waals surface area contributed by atoms with Crippen molar-refractivity contribution in [2.24, 2.45) is 0 Å². The quantitative estimate of drug-likeness (QED) is 0.762. The normalized spacial score (nSPS) is 11.9. The molecule has 2 rings (SSSR count). The number of hydrogen-bond acceptors (Lipinski definition) is 2. The highest BCUT2D eigenvalue weighted by Gasteiger charge is 2.05. The lowest BCUT2D eigenvalue weighted by atomic mass is 10.0. The highest BCUT2D eigenvalue weighted by molar-refractivity contribution is 5.61. The highest BCUT2D eigenvalue weighted by atomic mass is 19.1. The van der Waals surface area contributed by atoms with Gasteiger partial charge in [-0.3, -0.25) is 0 Å². The average molecular weight is 244 g/mol. The Balaban J connectivity index is 2.19. The summed E-state index contributed by atoms with van der Waals surface area (Å²) < 4.78 is 18.3. The molecule has 1 unspecified atom stereocenters. The second-order valence-electron chi connectivity index (χ2n) is 4.05. The molecule has 3 heteroatoms. The van der Waals surface area contributed by atoms with Crippen LogP contribution in [0, 0.1) is 5.82 Å². The van der Waals surface area contributed by atoms with Crippen LogP contribution >= 0.6 is 0 Å². The molecule has 0 aliphatic heterocycles. The molecule has 92 valence electrons. The Morgan fingerprint density at radius 1 is 1.11 bits per heavy atom. The molecule has 0 amide bonds. The van der Waals surface area contributed by atoms with Crippen molar-refractivity contribution in [3.8, 4) is 11.5 Å². The van der Waals surface area contributed by atoms with Crippen molar-refractivity contribution in [1.29, 1.82) is 0 Å². The lowest BCUT2D eigenvalue weighted by molar-refractivity contribution is -0.108. The van der Waals surface area contributed by atoms with E-state index in [9.17, 15) is 9.18 Å². The van der Waals surface area contributed by atoms with Crippen LogP contribution in [-0.4, -0.2) is 6.29 Å². The zero-order chi connectivity index (χ0) is 13.0. The molecule has 0 radical (unpaired) electrons. The molecule has 2 aromatic rings. The van der Waals surface area contributed by atoms with Crippen molar-refractivity contribution in [3.05, 3.63) is 59.9 Å². The monoisotopic (exact) mass is 244 g/mol. The molecule has 2 aromatic carbocycles. The van der Waals surface area contributed by atoms with Gasteiger partial charge in [0, 0.05) is 5.92 Å². The van der Waals surface area contributed by atoms with Gasteiger partial charge in [0.15, 0.2) is 0 Å². The van der Waals surface area contributed by atoms with Gasteiger partial charge < -0.3 is 9.53 Å². The summed E-state index contributed by atoms with van der Waals surface area (Å²) in [6.45, 7) is 1.82. The van der Waals surface area contributed by atoms with Gasteiger partial charge in [0.25, 0.3) is 0 Å². The zero-order valence-electron chi connectivity index (χ0n) is 9.97. The summed E-state index contributed by atoms with van der Waals surface area (Å²) in [4.78, 5) is 10.7. The Morgan fingerprint density at radius 3 is 2.50 bits per heavy atom. The van der Waals surface area contributed by atoms with E-state index in [1.807, 2.05) is 25.1 Å². The van der Waals surface area contributed by atoms with Crippen LogP contribution in [0.3, 0.4) is 0 Å². The van der Waals surface area contributed by atoms with Crippen molar-refractivity contribution in [2.75, 3.05) is 0 Å². The molecule has 0 spiro atoms. The number of carbonyl (C=O) groups excluding carboxylic acids is 1. The molecule has 0 saturated carbocycles. The predicted molar refractivity (Wildman–Crippen MR) is 67.4 cm³/mol. The summed E-state index contributed by atoms with van der Waals surface area (Å²) in [6, 6.07) is 13.1. The zero-order valence-corrected chi connectivity index (χ0v) is 9.97. The maximum Gasteiger partial charge on any atom is 0.127 e. The molecule has 0 aliphatic carbocycles. The first-order chi connectivity index (χ1) is 8.69. The lowest BCUT2D eigenvalue weighted by Gasteiger charge is -2.09. The second kappa shape index (κ2) is 5.45. The van der Waals surface area contributed by atoms with Crippen molar-refractivity contribution in [1.82, 2.24) is 0 Å². The van der Waals surface area contributed by atoms with E-state index >= 15 is 0 Å². The average Bonchev–Trinajstić information content (AvgIpc) is 2.41. The van der Waals surface area contributed by atoms with Gasteiger partial charge in [-0.1, -0.05) is 19.1 Å². The van der Waals surface area contributed by atoms with Gasteiger partial charge in [-0.05, 0) is 42.0 Å². The fraction of sp³-hybridized carbons (Fsp3) is 0.133. The number of carbonyl (C=O) groups is 1. The molecule has 0 aliphatic rings. The van der Waals surface area contributed by atoms with Crippen LogP contribution in [0.1, 0.15) is 18.4 Å². The highest BCUT2D eigenvalue weighted by Crippen LogP contribution is 2.24. The Kier molecular flexibility index (Phi) is 3.72. The van der Waals surface area contributed by atoms with Crippen LogP contribution in [0.4, 0.5) is 4.39 Å². The number of ether oxygens (including phenoxy) is 1. The smallest absolute Gasteiger partial charge is 0.127 e. The maximum atomic E-state index is 12.7. The fourth-order valence-corrected chi connectivity index (χ4v) is 1.58. The van der Waals surface area contributed by atoms with Gasteiger partial charge in [-0.25, -0.2) is 4.39 Å². The van der Waals surface area contributed by atoms with Crippen LogP contribution in [-0.2, 0) is 4.79 Å². The van der Waals surface area contributed by atoms with Crippen molar-refractivity contribution in [2.45, 2.75) is 12.8 Å². The van der Waals surface area contributed by atoms with E-state index in [1.165, 1.54) is 12.1 Å². The summed E-state index contributed by atoms with van der Waals surface area (Å²) >= 11 is 0. The van der Waals surface area contributed by atoms with E-state index in [4.69, 9.17) is 4.74 Å². The summed E-state index contributed by atoms with van der Waals surface area (Å²) in [6.07, 6.45) is 0.886. The first-order valence-corrected chi connectivity index (χ1v) is 5.68. The Labute approximate surface area is 105 Å². The number of halogens is 1. The summed E-state index contributed by atoms with van der Waals surface area (Å²) in [5.74, 6) is 0.729. The molecule has 0 saturated heterocycles. The molecule has 0 aromatic heterocycles. The number of rotatable bonds is 4. The largest absolute Gasteiger partial charge is 0.457 e. The maximum absolute atomic E-state index is 12.7. The Bertz CT molecular complexity index is 534. The standard InChI is InChI=1S/C15H13FO2/c1-11(10-17)12-3-2-4-15(9-12)18-14-7-5-13(16)6-8-14/h2-11H,1H3. The molecule has 0 heterocycles. The van der Waals surface area contributed by atoms with Crippen LogP contribution in [0.2, 0.25) is 0 Å². The minimum absolute atomic E-state index is 0.165.